The first-order valence-corrected chi connectivity index (χ1v) is 6.16. The van der Waals surface area contributed by atoms with Crippen molar-refractivity contribution < 1.29 is 9.47 Å². The molecule has 0 amide bonds. The zero-order valence-corrected chi connectivity index (χ0v) is 11.4. The molecule has 0 unspecified atom stereocenters. The summed E-state index contributed by atoms with van der Waals surface area (Å²) in [4.78, 5) is 22.7. The van der Waals surface area contributed by atoms with Gasteiger partial charge in [-0.1, -0.05) is 12.2 Å². The van der Waals surface area contributed by atoms with E-state index in [1.54, 1.807) is 7.11 Å². The van der Waals surface area contributed by atoms with Crippen molar-refractivity contribution in [1.82, 2.24) is 19.5 Å². The van der Waals surface area contributed by atoms with Crippen LogP contribution in [0.15, 0.2) is 16.9 Å². The van der Waals surface area contributed by atoms with Crippen LogP contribution in [0.4, 0.5) is 5.82 Å². The maximum Gasteiger partial charge on any atom is 0.328 e. The Morgan fingerprint density at radius 2 is 2.20 bits per heavy atom. The van der Waals surface area contributed by atoms with E-state index in [4.69, 9.17) is 15.2 Å². The van der Waals surface area contributed by atoms with Gasteiger partial charge in [0, 0.05) is 13.7 Å². The topological polar surface area (TPSA) is 108 Å². The van der Waals surface area contributed by atoms with Gasteiger partial charge in [-0.25, -0.2) is 4.79 Å². The minimum atomic E-state index is -0.284. The van der Waals surface area contributed by atoms with Gasteiger partial charge in [0.1, 0.15) is 12.1 Å². The Hall–Kier alpha value is -2.35. The van der Waals surface area contributed by atoms with Gasteiger partial charge in [0.05, 0.1) is 6.61 Å². The summed E-state index contributed by atoms with van der Waals surface area (Å²) < 4.78 is 11.7. The van der Waals surface area contributed by atoms with Crippen LogP contribution >= 0.6 is 0 Å². The second-order valence-corrected chi connectivity index (χ2v) is 4.04. The first-order chi connectivity index (χ1) is 9.67. The summed E-state index contributed by atoms with van der Waals surface area (Å²) in [5.74, 6) is 0.179. The fourth-order valence-corrected chi connectivity index (χ4v) is 1.69. The third-order valence-electron chi connectivity index (χ3n) is 2.67. The predicted octanol–water partition coefficient (Wildman–Crippen LogP) is 0.303. The van der Waals surface area contributed by atoms with Crippen LogP contribution in [0, 0.1) is 0 Å². The SMILES string of the molecule is C/C=C/Cn1c(=O)[nH]c2c(N)nc(OCCOC)nc21. The number of aromatic amines is 1. The molecule has 8 heteroatoms. The van der Waals surface area contributed by atoms with Gasteiger partial charge in [-0.2, -0.15) is 9.97 Å². The smallest absolute Gasteiger partial charge is 0.328 e. The van der Waals surface area contributed by atoms with Crippen LogP contribution in [-0.4, -0.2) is 39.8 Å². The van der Waals surface area contributed by atoms with Crippen LogP contribution in [0.1, 0.15) is 6.92 Å². The molecule has 0 radical (unpaired) electrons. The molecule has 0 saturated heterocycles. The molecule has 0 bridgehead atoms. The number of hydrogen-bond donors (Lipinski definition) is 2. The van der Waals surface area contributed by atoms with E-state index in [-0.39, 0.29) is 17.5 Å². The van der Waals surface area contributed by atoms with Crippen molar-refractivity contribution in [3.63, 3.8) is 0 Å². The number of fused-ring (bicyclic) bond motifs is 1. The van der Waals surface area contributed by atoms with E-state index in [0.29, 0.717) is 30.9 Å². The Labute approximate surface area is 115 Å². The molecule has 2 aromatic heterocycles. The summed E-state index contributed by atoms with van der Waals surface area (Å²) in [5.41, 5.74) is 6.36. The Morgan fingerprint density at radius 1 is 1.40 bits per heavy atom. The van der Waals surface area contributed by atoms with Crippen LogP contribution in [0.2, 0.25) is 0 Å². The van der Waals surface area contributed by atoms with E-state index < -0.39 is 0 Å². The van der Waals surface area contributed by atoms with Crippen molar-refractivity contribution in [2.45, 2.75) is 13.5 Å². The number of rotatable bonds is 6. The van der Waals surface area contributed by atoms with Gasteiger partial charge in [-0.05, 0) is 6.92 Å². The van der Waals surface area contributed by atoms with E-state index >= 15 is 0 Å². The first kappa shape index (κ1) is 14.1. The first-order valence-electron chi connectivity index (χ1n) is 6.16. The summed E-state index contributed by atoms with van der Waals surface area (Å²) >= 11 is 0. The molecule has 108 valence electrons. The number of nitrogens with two attached hydrogens (primary N) is 1. The molecule has 0 aliphatic heterocycles. The molecule has 2 rings (SSSR count). The zero-order valence-electron chi connectivity index (χ0n) is 11.4. The number of nitrogen functional groups attached to an aromatic ring is 1. The fourth-order valence-electron chi connectivity index (χ4n) is 1.69. The average molecular weight is 279 g/mol. The lowest BCUT2D eigenvalue weighted by Gasteiger charge is -2.05. The van der Waals surface area contributed by atoms with E-state index in [0.717, 1.165) is 0 Å². The van der Waals surface area contributed by atoms with Gasteiger partial charge in [0.25, 0.3) is 0 Å². The summed E-state index contributed by atoms with van der Waals surface area (Å²) in [6, 6.07) is 0.125. The van der Waals surface area contributed by atoms with Crippen LogP contribution in [0.3, 0.4) is 0 Å². The standard InChI is InChI=1S/C12H17N5O3/c1-3-4-5-17-10-8(14-12(17)18)9(13)15-11(16-10)20-7-6-19-2/h3-4H,5-7H2,1-2H3,(H,14,18)(H2,13,15,16)/b4-3+. The predicted molar refractivity (Wildman–Crippen MR) is 74.7 cm³/mol. The third kappa shape index (κ3) is 2.80. The second-order valence-electron chi connectivity index (χ2n) is 4.04. The lowest BCUT2D eigenvalue weighted by molar-refractivity contribution is 0.141. The van der Waals surface area contributed by atoms with Gasteiger partial charge in [-0.3, -0.25) is 4.57 Å². The molecule has 0 aliphatic rings. The van der Waals surface area contributed by atoms with E-state index in [9.17, 15) is 4.79 Å². The summed E-state index contributed by atoms with van der Waals surface area (Å²) in [5, 5.41) is 0. The number of H-pyrrole nitrogens is 1. The monoisotopic (exact) mass is 279 g/mol. The summed E-state index contributed by atoms with van der Waals surface area (Å²) in [6.07, 6.45) is 3.70. The van der Waals surface area contributed by atoms with Crippen molar-refractivity contribution in [3.8, 4) is 6.01 Å². The van der Waals surface area contributed by atoms with Gasteiger partial charge < -0.3 is 20.2 Å². The van der Waals surface area contributed by atoms with Crippen molar-refractivity contribution >= 4 is 17.0 Å². The zero-order chi connectivity index (χ0) is 14.5. The van der Waals surface area contributed by atoms with Gasteiger partial charge in [0.15, 0.2) is 11.5 Å². The van der Waals surface area contributed by atoms with E-state index in [2.05, 4.69) is 15.0 Å². The minimum Gasteiger partial charge on any atom is -0.461 e. The van der Waals surface area contributed by atoms with Gasteiger partial charge in [-0.15, -0.1) is 0 Å². The molecule has 8 nitrogen and oxygen atoms in total. The highest BCUT2D eigenvalue weighted by atomic mass is 16.5. The number of anilines is 1. The molecule has 0 aromatic carbocycles. The van der Waals surface area contributed by atoms with E-state index in [1.165, 1.54) is 4.57 Å². The molecule has 0 saturated carbocycles. The highest BCUT2D eigenvalue weighted by Crippen LogP contribution is 2.17. The number of ether oxygens (including phenoxy) is 2. The van der Waals surface area contributed by atoms with Crippen LogP contribution in [0.5, 0.6) is 6.01 Å². The second kappa shape index (κ2) is 6.20. The Morgan fingerprint density at radius 3 is 2.90 bits per heavy atom. The van der Waals surface area contributed by atoms with Gasteiger partial charge >= 0.3 is 11.7 Å². The van der Waals surface area contributed by atoms with Crippen LogP contribution in [-0.2, 0) is 11.3 Å². The number of hydrogen-bond acceptors (Lipinski definition) is 6. The number of nitrogens with one attached hydrogen (secondary N) is 1. The molecule has 2 aromatic rings. The van der Waals surface area contributed by atoms with Crippen molar-refractivity contribution in [2.24, 2.45) is 0 Å². The number of methoxy groups -OCH3 is 1. The van der Waals surface area contributed by atoms with Crippen molar-refractivity contribution in [2.75, 3.05) is 26.1 Å². The summed E-state index contributed by atoms with van der Waals surface area (Å²) in [7, 11) is 1.57. The van der Waals surface area contributed by atoms with Gasteiger partial charge in [0.2, 0.25) is 0 Å². The Balaban J connectivity index is 2.42. The largest absolute Gasteiger partial charge is 0.461 e. The number of imidazole rings is 1. The lowest BCUT2D eigenvalue weighted by atomic mass is 10.4. The average Bonchev–Trinajstić information content (AvgIpc) is 2.74. The third-order valence-corrected chi connectivity index (χ3v) is 2.67. The lowest BCUT2D eigenvalue weighted by Crippen LogP contribution is -2.16. The number of allylic oxidation sites excluding steroid dienone is 2. The molecule has 20 heavy (non-hydrogen) atoms. The Kier molecular flexibility index (Phi) is 4.36. The van der Waals surface area contributed by atoms with E-state index in [1.807, 2.05) is 19.1 Å². The number of aromatic nitrogens is 4. The molecule has 2 heterocycles. The van der Waals surface area contributed by atoms with Crippen molar-refractivity contribution in [1.29, 1.82) is 0 Å². The maximum atomic E-state index is 11.9. The van der Waals surface area contributed by atoms with Crippen LogP contribution < -0.4 is 16.2 Å². The maximum absolute atomic E-state index is 11.9. The molecule has 3 N–H and O–H groups in total. The molecular weight excluding hydrogens is 262 g/mol. The van der Waals surface area contributed by atoms with Crippen LogP contribution in [0.25, 0.3) is 11.2 Å². The molecule has 0 aliphatic carbocycles. The highest BCUT2D eigenvalue weighted by Gasteiger charge is 2.13. The molecule has 0 spiro atoms. The molecular formula is C12H17N5O3. The molecule has 0 fully saturated rings. The number of nitrogens with zero attached hydrogens (tertiary/aromatic N) is 3. The molecule has 0 atom stereocenters. The quantitative estimate of drug-likeness (QED) is 0.581. The fraction of sp³-hybridized carbons (Fsp3) is 0.417. The summed E-state index contributed by atoms with van der Waals surface area (Å²) in [6.45, 7) is 3.01. The Bertz CT molecular complexity index is 674. The van der Waals surface area contributed by atoms with Crippen molar-refractivity contribution in [3.05, 3.63) is 22.6 Å². The normalized spacial score (nSPS) is 11.5. The highest BCUT2D eigenvalue weighted by molar-refractivity contribution is 5.81. The minimum absolute atomic E-state index is 0.125.